The van der Waals surface area contributed by atoms with Gasteiger partial charge in [-0.05, 0) is 50.7 Å². The highest BCUT2D eigenvalue weighted by atomic mass is 19.1. The molecule has 0 radical (unpaired) electrons. The van der Waals surface area contributed by atoms with E-state index in [2.05, 4.69) is 34.3 Å². The number of piperidine rings is 1. The van der Waals surface area contributed by atoms with Gasteiger partial charge in [-0.25, -0.2) is 14.4 Å². The van der Waals surface area contributed by atoms with Crippen molar-refractivity contribution in [1.82, 2.24) is 20.2 Å². The first kappa shape index (κ1) is 20.3. The molecule has 3 heterocycles. The van der Waals surface area contributed by atoms with Gasteiger partial charge in [0.15, 0.2) is 11.6 Å². The third-order valence-corrected chi connectivity index (χ3v) is 5.47. The SMILES string of the molecule is COc1ccc(CC2CCN(c3nc4cnncc4nc3NC(C)C)CC2)c(F)c1. The number of ether oxygens (including phenoxy) is 1. The Morgan fingerprint density at radius 1 is 1.13 bits per heavy atom. The molecule has 1 fully saturated rings. The lowest BCUT2D eigenvalue weighted by molar-refractivity contribution is 0.392. The van der Waals surface area contributed by atoms with E-state index < -0.39 is 0 Å². The van der Waals surface area contributed by atoms with Crippen molar-refractivity contribution in [1.29, 1.82) is 0 Å². The number of anilines is 2. The van der Waals surface area contributed by atoms with Crippen LogP contribution in [0.25, 0.3) is 11.0 Å². The van der Waals surface area contributed by atoms with Crippen molar-refractivity contribution in [3.05, 3.63) is 42.0 Å². The Morgan fingerprint density at radius 3 is 2.47 bits per heavy atom. The highest BCUT2D eigenvalue weighted by Gasteiger charge is 2.24. The molecular weight excluding hydrogens is 383 g/mol. The number of fused-ring (bicyclic) bond motifs is 1. The van der Waals surface area contributed by atoms with Crippen LogP contribution in [0.3, 0.4) is 0 Å². The van der Waals surface area contributed by atoms with Gasteiger partial charge in [0.2, 0.25) is 0 Å². The number of nitrogens with zero attached hydrogens (tertiary/aromatic N) is 5. The maximum Gasteiger partial charge on any atom is 0.172 e. The van der Waals surface area contributed by atoms with Gasteiger partial charge in [-0.3, -0.25) is 0 Å². The number of aromatic nitrogens is 4. The van der Waals surface area contributed by atoms with E-state index in [1.54, 1.807) is 19.5 Å². The molecule has 0 unspecified atom stereocenters. The van der Waals surface area contributed by atoms with Gasteiger partial charge in [-0.1, -0.05) is 6.07 Å². The van der Waals surface area contributed by atoms with E-state index in [1.807, 2.05) is 12.1 Å². The van der Waals surface area contributed by atoms with E-state index in [0.717, 1.165) is 60.6 Å². The summed E-state index contributed by atoms with van der Waals surface area (Å²) in [4.78, 5) is 11.8. The van der Waals surface area contributed by atoms with Gasteiger partial charge in [0.25, 0.3) is 0 Å². The predicted octanol–water partition coefficient (Wildman–Crippen LogP) is 3.85. The molecule has 0 bridgehead atoms. The van der Waals surface area contributed by atoms with Gasteiger partial charge < -0.3 is 15.0 Å². The third-order valence-electron chi connectivity index (χ3n) is 5.47. The molecule has 1 aliphatic heterocycles. The normalized spacial score (nSPS) is 15.0. The molecule has 2 aromatic heterocycles. The summed E-state index contributed by atoms with van der Waals surface area (Å²) in [6.07, 6.45) is 5.96. The lowest BCUT2D eigenvalue weighted by Crippen LogP contribution is -2.36. The minimum Gasteiger partial charge on any atom is -0.497 e. The average Bonchev–Trinajstić information content (AvgIpc) is 2.75. The molecule has 4 rings (SSSR count). The molecule has 7 nitrogen and oxygen atoms in total. The summed E-state index contributed by atoms with van der Waals surface area (Å²) >= 11 is 0. The summed E-state index contributed by atoms with van der Waals surface area (Å²) in [6, 6.07) is 5.36. The van der Waals surface area contributed by atoms with Crippen LogP contribution in [0.4, 0.5) is 16.0 Å². The molecule has 0 aliphatic carbocycles. The molecule has 3 aromatic rings. The van der Waals surface area contributed by atoms with Crippen LogP contribution < -0.4 is 15.0 Å². The molecule has 1 saturated heterocycles. The molecular formula is C22H27FN6O. The Morgan fingerprint density at radius 2 is 1.83 bits per heavy atom. The lowest BCUT2D eigenvalue weighted by Gasteiger charge is -2.34. The Hall–Kier alpha value is -3.03. The zero-order valence-electron chi connectivity index (χ0n) is 17.6. The van der Waals surface area contributed by atoms with E-state index in [-0.39, 0.29) is 11.9 Å². The Balaban J connectivity index is 1.49. The fraction of sp³-hybridized carbons (Fsp3) is 0.455. The number of rotatable bonds is 6. The van der Waals surface area contributed by atoms with E-state index in [9.17, 15) is 4.39 Å². The van der Waals surface area contributed by atoms with E-state index in [0.29, 0.717) is 11.7 Å². The summed E-state index contributed by atoms with van der Waals surface area (Å²) < 4.78 is 19.4. The van der Waals surface area contributed by atoms with Crippen molar-refractivity contribution < 1.29 is 9.13 Å². The molecule has 8 heteroatoms. The van der Waals surface area contributed by atoms with E-state index in [4.69, 9.17) is 14.7 Å². The fourth-order valence-electron chi connectivity index (χ4n) is 3.89. The Kier molecular flexibility index (Phi) is 5.92. The molecule has 1 aliphatic rings. The van der Waals surface area contributed by atoms with Gasteiger partial charge in [-0.2, -0.15) is 10.2 Å². The molecule has 0 amide bonds. The quantitative estimate of drug-likeness (QED) is 0.661. The van der Waals surface area contributed by atoms with Crippen LogP contribution in [-0.4, -0.2) is 46.4 Å². The molecule has 30 heavy (non-hydrogen) atoms. The topological polar surface area (TPSA) is 76.1 Å². The third kappa shape index (κ3) is 4.42. The monoisotopic (exact) mass is 410 g/mol. The minimum atomic E-state index is -0.193. The standard InChI is InChI=1S/C22H27FN6O/c1-14(2)26-21-22(28-20-13-25-24-12-19(20)27-21)29-8-6-15(7-9-29)10-16-4-5-17(30-3)11-18(16)23/h4-5,11-15H,6-10H2,1-3H3,(H,26,27). The van der Waals surface area contributed by atoms with Crippen LogP contribution in [0.15, 0.2) is 30.6 Å². The first-order valence-electron chi connectivity index (χ1n) is 10.4. The van der Waals surface area contributed by atoms with Crippen molar-refractivity contribution >= 4 is 22.7 Å². The van der Waals surface area contributed by atoms with Crippen molar-refractivity contribution in [3.8, 4) is 5.75 Å². The molecule has 158 valence electrons. The van der Waals surface area contributed by atoms with Crippen LogP contribution in [-0.2, 0) is 6.42 Å². The Bertz CT molecular complexity index is 1020. The zero-order chi connectivity index (χ0) is 21.1. The second kappa shape index (κ2) is 8.77. The maximum absolute atomic E-state index is 14.3. The van der Waals surface area contributed by atoms with Crippen LogP contribution in [0.1, 0.15) is 32.3 Å². The maximum atomic E-state index is 14.3. The van der Waals surface area contributed by atoms with Gasteiger partial charge >= 0.3 is 0 Å². The fourth-order valence-corrected chi connectivity index (χ4v) is 3.89. The number of hydrogen-bond acceptors (Lipinski definition) is 7. The second-order valence-electron chi connectivity index (χ2n) is 8.05. The van der Waals surface area contributed by atoms with Gasteiger partial charge in [0.05, 0.1) is 19.5 Å². The second-order valence-corrected chi connectivity index (χ2v) is 8.05. The Labute approximate surface area is 175 Å². The summed E-state index contributed by atoms with van der Waals surface area (Å²) in [5.74, 6) is 2.41. The summed E-state index contributed by atoms with van der Waals surface area (Å²) in [5, 5.41) is 11.3. The summed E-state index contributed by atoms with van der Waals surface area (Å²) in [7, 11) is 1.55. The van der Waals surface area contributed by atoms with Crippen LogP contribution in [0.2, 0.25) is 0 Å². The van der Waals surface area contributed by atoms with Gasteiger partial charge in [0.1, 0.15) is 22.6 Å². The minimum absolute atomic E-state index is 0.193. The molecule has 0 atom stereocenters. The molecule has 0 saturated carbocycles. The van der Waals surface area contributed by atoms with Crippen molar-refractivity contribution in [2.24, 2.45) is 5.92 Å². The van der Waals surface area contributed by atoms with Crippen molar-refractivity contribution in [2.45, 2.75) is 39.2 Å². The average molecular weight is 410 g/mol. The number of halogens is 1. The van der Waals surface area contributed by atoms with E-state index >= 15 is 0 Å². The first-order valence-corrected chi connectivity index (χ1v) is 10.4. The number of methoxy groups -OCH3 is 1. The predicted molar refractivity (Wildman–Crippen MR) is 115 cm³/mol. The number of nitrogens with one attached hydrogen (secondary N) is 1. The highest BCUT2D eigenvalue weighted by molar-refractivity contribution is 5.79. The lowest BCUT2D eigenvalue weighted by atomic mass is 9.90. The van der Waals surface area contributed by atoms with Gasteiger partial charge in [-0.15, -0.1) is 0 Å². The van der Waals surface area contributed by atoms with Crippen molar-refractivity contribution in [2.75, 3.05) is 30.4 Å². The highest BCUT2D eigenvalue weighted by Crippen LogP contribution is 2.31. The van der Waals surface area contributed by atoms with E-state index in [1.165, 1.54) is 6.07 Å². The largest absolute Gasteiger partial charge is 0.497 e. The number of benzene rings is 1. The zero-order valence-corrected chi connectivity index (χ0v) is 17.6. The van der Waals surface area contributed by atoms with Crippen molar-refractivity contribution in [3.63, 3.8) is 0 Å². The van der Waals surface area contributed by atoms with Crippen LogP contribution in [0, 0.1) is 11.7 Å². The van der Waals surface area contributed by atoms with Gasteiger partial charge in [0, 0.05) is 25.2 Å². The summed E-state index contributed by atoms with van der Waals surface area (Å²) in [5.41, 5.74) is 2.21. The number of hydrogen-bond donors (Lipinski definition) is 1. The summed E-state index contributed by atoms with van der Waals surface area (Å²) in [6.45, 7) is 5.87. The van der Waals surface area contributed by atoms with Crippen LogP contribution in [0.5, 0.6) is 5.75 Å². The molecule has 0 spiro atoms. The molecule has 1 aromatic carbocycles. The molecule has 1 N–H and O–H groups in total. The van der Waals surface area contributed by atoms with Crippen LogP contribution >= 0.6 is 0 Å². The first-order chi connectivity index (χ1) is 14.5. The smallest absolute Gasteiger partial charge is 0.172 e.